The van der Waals surface area contributed by atoms with Crippen LogP contribution in [-0.4, -0.2) is 77.7 Å². The summed E-state index contributed by atoms with van der Waals surface area (Å²) in [6.07, 6.45) is -5.25. The molecule has 0 aromatic rings. The van der Waals surface area contributed by atoms with E-state index in [1.54, 1.807) is 0 Å². The van der Waals surface area contributed by atoms with Crippen LogP contribution in [0.5, 0.6) is 0 Å². The normalized spacial score (nSPS) is 13.3. The predicted molar refractivity (Wildman–Crippen MR) is 70.4 cm³/mol. The zero-order valence-corrected chi connectivity index (χ0v) is 12.4. The lowest BCUT2D eigenvalue weighted by atomic mass is 9.94. The second-order valence-electron chi connectivity index (χ2n) is 4.89. The molecule has 6 N–H and O–H groups in total. The van der Waals surface area contributed by atoms with Gasteiger partial charge in [0.2, 0.25) is 0 Å². The van der Waals surface area contributed by atoms with Gasteiger partial charge in [-0.3, -0.25) is 14.4 Å². The van der Waals surface area contributed by atoms with Crippen LogP contribution in [0.25, 0.3) is 0 Å². The monoisotopic (exact) mass is 366 g/mol. The van der Waals surface area contributed by atoms with E-state index in [9.17, 15) is 33.9 Å². The van der Waals surface area contributed by atoms with Crippen LogP contribution in [0.4, 0.5) is 0 Å². The fourth-order valence-corrected chi connectivity index (χ4v) is 1.66. The van der Waals surface area contributed by atoms with Gasteiger partial charge in [0.25, 0.3) is 0 Å². The van der Waals surface area contributed by atoms with E-state index in [1.807, 2.05) is 0 Å². The van der Waals surface area contributed by atoms with Crippen LogP contribution in [0.15, 0.2) is 0 Å². The van der Waals surface area contributed by atoms with Gasteiger partial charge in [-0.15, -0.1) is 0 Å². The van der Waals surface area contributed by atoms with E-state index in [0.717, 1.165) is 0 Å². The Labute approximate surface area is 138 Å². The smallest absolute Gasteiger partial charge is 0.360 e. The molecule has 0 heterocycles. The molecular weight excluding hydrogens is 352 g/mol. The summed E-state index contributed by atoms with van der Waals surface area (Å²) in [5.74, 6) is -11.9. The minimum atomic E-state index is -3.35. The Kier molecular flexibility index (Phi) is 7.01. The molecule has 1 atom stereocenters. The molecule has 0 aliphatic heterocycles. The summed E-state index contributed by atoms with van der Waals surface area (Å²) < 4.78 is 4.22. The molecule has 0 rings (SSSR count). The second-order valence-corrected chi connectivity index (χ2v) is 4.89. The van der Waals surface area contributed by atoms with Gasteiger partial charge < -0.3 is 35.4 Å². The molecule has 13 nitrogen and oxygen atoms in total. The van der Waals surface area contributed by atoms with E-state index in [4.69, 9.17) is 25.5 Å². The van der Waals surface area contributed by atoms with E-state index in [1.165, 1.54) is 0 Å². The first-order valence-electron chi connectivity index (χ1n) is 6.35. The van der Waals surface area contributed by atoms with Crippen LogP contribution in [0.1, 0.15) is 25.7 Å². The van der Waals surface area contributed by atoms with Crippen LogP contribution in [-0.2, 0) is 33.5 Å². The van der Waals surface area contributed by atoms with Gasteiger partial charge >= 0.3 is 41.4 Å². The molecule has 13 heteroatoms. The van der Waals surface area contributed by atoms with Crippen LogP contribution in [0.2, 0.25) is 0 Å². The summed E-state index contributed by atoms with van der Waals surface area (Å²) in [5.41, 5.74) is -6.53. The first-order valence-corrected chi connectivity index (χ1v) is 6.35. The molecule has 25 heavy (non-hydrogen) atoms. The highest BCUT2D eigenvalue weighted by molar-refractivity contribution is 6.04. The molecule has 0 radical (unpaired) electrons. The van der Waals surface area contributed by atoms with Crippen molar-refractivity contribution in [3.05, 3.63) is 0 Å². The number of aliphatic hydroxyl groups is 1. The van der Waals surface area contributed by atoms with E-state index in [2.05, 4.69) is 4.74 Å². The van der Waals surface area contributed by atoms with Gasteiger partial charge in [0.05, 0.1) is 19.3 Å². The lowest BCUT2D eigenvalue weighted by Gasteiger charge is -2.26. The number of hydrogen-bond donors (Lipinski definition) is 6. The molecule has 0 bridgehead atoms. The van der Waals surface area contributed by atoms with Crippen molar-refractivity contribution in [2.24, 2.45) is 0 Å². The number of carboxylic acid groups (broad SMARTS) is 5. The minimum absolute atomic E-state index is 1.02. The molecule has 0 aromatic carbocycles. The van der Waals surface area contributed by atoms with Crippen molar-refractivity contribution in [3.8, 4) is 0 Å². The third-order valence-corrected chi connectivity index (χ3v) is 2.95. The third kappa shape index (κ3) is 5.72. The average Bonchev–Trinajstić information content (AvgIpc) is 2.41. The molecule has 1 unspecified atom stereocenters. The molecule has 140 valence electrons. The molecule has 0 amide bonds. The quantitative estimate of drug-likeness (QED) is 0.171. The van der Waals surface area contributed by atoms with E-state index < -0.39 is 72.7 Å². The standard InChI is InChI=1S/C12H14O13/c13-5(14)1-2-12(9(20)21,10(22)23)25-7(17)4-11(24,8(18)19)3-6(15)16/h24H,1-4H2,(H,13,14)(H,15,16)(H,18,19)(H,20,21)(H,22,23). The Hall–Kier alpha value is -3.22. The van der Waals surface area contributed by atoms with Crippen molar-refractivity contribution in [1.82, 2.24) is 0 Å². The Morgan fingerprint density at radius 2 is 1.20 bits per heavy atom. The van der Waals surface area contributed by atoms with Gasteiger partial charge in [-0.2, -0.15) is 0 Å². The Morgan fingerprint density at radius 1 is 0.720 bits per heavy atom. The van der Waals surface area contributed by atoms with Gasteiger partial charge in [0.1, 0.15) is 0 Å². The van der Waals surface area contributed by atoms with E-state index >= 15 is 0 Å². The van der Waals surface area contributed by atoms with E-state index in [-0.39, 0.29) is 0 Å². The maximum Gasteiger partial charge on any atom is 0.360 e. The molecule has 0 aromatic heterocycles. The van der Waals surface area contributed by atoms with Crippen molar-refractivity contribution >= 4 is 35.8 Å². The van der Waals surface area contributed by atoms with Crippen LogP contribution in [0, 0.1) is 0 Å². The molecule has 0 saturated carbocycles. The van der Waals surface area contributed by atoms with Gasteiger partial charge in [-0.25, -0.2) is 14.4 Å². The number of esters is 1. The van der Waals surface area contributed by atoms with Crippen molar-refractivity contribution in [1.29, 1.82) is 0 Å². The number of carbonyl (C=O) groups is 6. The van der Waals surface area contributed by atoms with Gasteiger partial charge in [0, 0.05) is 6.42 Å². The van der Waals surface area contributed by atoms with Crippen molar-refractivity contribution in [2.45, 2.75) is 36.9 Å². The zero-order valence-electron chi connectivity index (χ0n) is 12.4. The molecule has 0 aliphatic carbocycles. The predicted octanol–water partition coefficient (Wildman–Crippen LogP) is -2.02. The molecule has 0 saturated heterocycles. The number of aliphatic carboxylic acids is 5. The maximum absolute atomic E-state index is 11.7. The van der Waals surface area contributed by atoms with Gasteiger partial charge in [-0.1, -0.05) is 0 Å². The Balaban J connectivity index is 5.55. The fraction of sp³-hybridized carbons (Fsp3) is 0.500. The maximum atomic E-state index is 11.7. The summed E-state index contributed by atoms with van der Waals surface area (Å²) >= 11 is 0. The number of rotatable bonds is 11. The van der Waals surface area contributed by atoms with Crippen molar-refractivity contribution in [2.75, 3.05) is 0 Å². The second kappa shape index (κ2) is 8.05. The lowest BCUT2D eigenvalue weighted by Crippen LogP contribution is -2.52. The molecule has 0 fully saturated rings. The average molecular weight is 366 g/mol. The first-order chi connectivity index (χ1) is 11.3. The Bertz CT molecular complexity index is 592. The molecular formula is C12H14O13. The number of ether oxygens (including phenoxy) is 1. The number of carboxylic acids is 5. The van der Waals surface area contributed by atoms with Crippen LogP contribution < -0.4 is 0 Å². The van der Waals surface area contributed by atoms with Crippen molar-refractivity contribution in [3.63, 3.8) is 0 Å². The third-order valence-electron chi connectivity index (χ3n) is 2.95. The summed E-state index contributed by atoms with van der Waals surface area (Å²) in [5, 5.41) is 53.5. The van der Waals surface area contributed by atoms with Crippen LogP contribution >= 0.6 is 0 Å². The SMILES string of the molecule is O=C(O)CCC(OC(=O)CC(O)(CC(=O)O)C(=O)O)(C(=O)O)C(=O)O. The first kappa shape index (κ1) is 21.8. The van der Waals surface area contributed by atoms with Gasteiger partial charge in [0.15, 0.2) is 5.60 Å². The lowest BCUT2D eigenvalue weighted by molar-refractivity contribution is -0.196. The summed E-state index contributed by atoms with van der Waals surface area (Å²) in [4.78, 5) is 66.0. The summed E-state index contributed by atoms with van der Waals surface area (Å²) in [7, 11) is 0. The highest BCUT2D eigenvalue weighted by atomic mass is 16.6. The van der Waals surface area contributed by atoms with Gasteiger partial charge in [-0.05, 0) is 0 Å². The summed E-state index contributed by atoms with van der Waals surface area (Å²) in [6.45, 7) is 0. The zero-order chi connectivity index (χ0) is 20.0. The summed E-state index contributed by atoms with van der Waals surface area (Å²) in [6, 6.07) is 0. The number of hydrogen-bond acceptors (Lipinski definition) is 8. The van der Waals surface area contributed by atoms with Crippen LogP contribution in [0.3, 0.4) is 0 Å². The topological polar surface area (TPSA) is 233 Å². The highest BCUT2D eigenvalue weighted by Gasteiger charge is 2.52. The minimum Gasteiger partial charge on any atom is -0.481 e. The molecule has 0 spiro atoms. The molecule has 0 aliphatic rings. The largest absolute Gasteiger partial charge is 0.481 e. The fourth-order valence-electron chi connectivity index (χ4n) is 1.66. The van der Waals surface area contributed by atoms with Crippen molar-refractivity contribution < 1.29 is 64.1 Å². The highest BCUT2D eigenvalue weighted by Crippen LogP contribution is 2.24. The number of carbonyl (C=O) groups excluding carboxylic acids is 1. The van der Waals surface area contributed by atoms with E-state index in [0.29, 0.717) is 0 Å². The Morgan fingerprint density at radius 3 is 1.52 bits per heavy atom.